The Morgan fingerprint density at radius 3 is 2.35 bits per heavy atom. The molecule has 0 amide bonds. The van der Waals surface area contributed by atoms with Crippen LogP contribution in [0.4, 0.5) is 13.2 Å². The molecule has 0 unspecified atom stereocenters. The monoisotopic (exact) mass is 625 g/mol. The summed E-state index contributed by atoms with van der Waals surface area (Å²) in [6, 6.07) is 17.8. The van der Waals surface area contributed by atoms with E-state index in [1.54, 1.807) is 60.3 Å². The predicted octanol–water partition coefficient (Wildman–Crippen LogP) is 7.56. The third-order valence-corrected chi connectivity index (χ3v) is 7.06. The molecule has 46 heavy (non-hydrogen) atoms. The van der Waals surface area contributed by atoms with Crippen molar-refractivity contribution in [3.8, 4) is 17.1 Å². The minimum Gasteiger partial charge on any atom is -0.478 e. The highest BCUT2D eigenvalue weighted by Crippen LogP contribution is 2.28. The van der Waals surface area contributed by atoms with Gasteiger partial charge in [0.05, 0.1) is 28.8 Å². The highest BCUT2D eigenvalue weighted by atomic mass is 19.1. The van der Waals surface area contributed by atoms with Crippen LogP contribution in [0.3, 0.4) is 0 Å². The molecule has 0 aliphatic carbocycles. The van der Waals surface area contributed by atoms with E-state index in [1.807, 2.05) is 13.8 Å². The summed E-state index contributed by atoms with van der Waals surface area (Å²) in [4.78, 5) is 29.0. The number of ether oxygens (including phenoxy) is 1. The molecule has 0 radical (unpaired) electrons. The summed E-state index contributed by atoms with van der Waals surface area (Å²) in [5, 5.41) is 9.50. The maximum absolute atomic E-state index is 15.5. The lowest BCUT2D eigenvalue weighted by Crippen LogP contribution is -2.10. The van der Waals surface area contributed by atoms with Crippen molar-refractivity contribution in [2.75, 3.05) is 0 Å². The Balaban J connectivity index is 0.00000204. The number of rotatable bonds is 9. The Hall–Kier alpha value is -5.58. The second-order valence-corrected chi connectivity index (χ2v) is 10.1. The second kappa shape index (κ2) is 14.0. The average Bonchev–Trinajstić information content (AvgIpc) is 3.39. The Labute approximate surface area is 263 Å². The summed E-state index contributed by atoms with van der Waals surface area (Å²) in [6.07, 6.45) is 3.06. The quantitative estimate of drug-likeness (QED) is 0.177. The van der Waals surface area contributed by atoms with E-state index < -0.39 is 23.4 Å². The third kappa shape index (κ3) is 7.04. The Morgan fingerprint density at radius 1 is 0.848 bits per heavy atom. The SMILES string of the molecule is CC.Cc1ccc(COc2cccc(-c3cc(F)c(Cc4nc5ccc(C(=O)O)cc5n4Cc4ncccn4)cc3F)n2)c(F)c1. The molecular weight excluding hydrogens is 595 g/mol. The van der Waals surface area contributed by atoms with Crippen LogP contribution in [-0.4, -0.2) is 35.6 Å². The number of benzene rings is 3. The summed E-state index contributed by atoms with van der Waals surface area (Å²) < 4.78 is 52.5. The maximum atomic E-state index is 15.5. The number of fused-ring (bicyclic) bond motifs is 1. The first-order valence-electron chi connectivity index (χ1n) is 14.6. The number of imidazole rings is 1. The zero-order valence-electron chi connectivity index (χ0n) is 25.3. The fourth-order valence-electron chi connectivity index (χ4n) is 4.83. The molecule has 6 aromatic rings. The van der Waals surface area contributed by atoms with Crippen molar-refractivity contribution >= 4 is 17.0 Å². The number of carboxylic acids is 1. The zero-order valence-corrected chi connectivity index (χ0v) is 25.3. The van der Waals surface area contributed by atoms with Crippen LogP contribution in [0.15, 0.2) is 85.2 Å². The fraction of sp³-hybridized carbons (Fsp3) is 0.171. The van der Waals surface area contributed by atoms with Crippen molar-refractivity contribution in [3.05, 3.63) is 137 Å². The average molecular weight is 626 g/mol. The van der Waals surface area contributed by atoms with Gasteiger partial charge in [0, 0.05) is 36.0 Å². The van der Waals surface area contributed by atoms with Crippen LogP contribution in [0.2, 0.25) is 0 Å². The number of halogens is 3. The number of carboxylic acid groups (broad SMARTS) is 1. The molecule has 3 aromatic carbocycles. The lowest BCUT2D eigenvalue weighted by atomic mass is 10.0. The molecule has 3 aromatic heterocycles. The number of nitrogens with zero attached hydrogens (tertiary/aromatic N) is 5. The van der Waals surface area contributed by atoms with E-state index in [2.05, 4.69) is 19.9 Å². The summed E-state index contributed by atoms with van der Waals surface area (Å²) in [5.41, 5.74) is 2.28. The molecule has 0 bridgehead atoms. The number of aromatic nitrogens is 5. The van der Waals surface area contributed by atoms with Crippen LogP contribution in [0, 0.1) is 24.4 Å². The minimum absolute atomic E-state index is 0.0393. The van der Waals surface area contributed by atoms with Gasteiger partial charge in [-0.1, -0.05) is 32.0 Å². The predicted molar refractivity (Wildman–Crippen MR) is 167 cm³/mol. The van der Waals surface area contributed by atoms with Crippen LogP contribution >= 0.6 is 0 Å². The van der Waals surface area contributed by atoms with Crippen LogP contribution in [0.5, 0.6) is 5.88 Å². The van der Waals surface area contributed by atoms with Gasteiger partial charge in [-0.05, 0) is 66.6 Å². The maximum Gasteiger partial charge on any atom is 0.335 e. The van der Waals surface area contributed by atoms with E-state index in [1.165, 1.54) is 24.3 Å². The molecule has 1 N–H and O–H groups in total. The summed E-state index contributed by atoms with van der Waals surface area (Å²) >= 11 is 0. The molecule has 3 heterocycles. The van der Waals surface area contributed by atoms with E-state index in [9.17, 15) is 14.3 Å². The molecule has 0 saturated heterocycles. The number of aryl methyl sites for hydroxylation is 1. The van der Waals surface area contributed by atoms with E-state index in [0.29, 0.717) is 28.2 Å². The highest BCUT2D eigenvalue weighted by molar-refractivity contribution is 5.92. The standard InChI is InChI=1S/C33H24F3N5O3.C2H6/c1-19-6-7-21(24(34)12-19)18-44-32-5-2-4-27(40-32)23-16-25(35)22(13-26(23)36)15-31-39-28-9-8-20(33(42)43)14-29(28)41(31)17-30-37-10-3-11-38-30;1-2/h2-14,16H,15,17-18H2,1H3,(H,42,43);1-2H3. The smallest absolute Gasteiger partial charge is 0.335 e. The fourth-order valence-corrected chi connectivity index (χ4v) is 4.83. The molecule has 11 heteroatoms. The van der Waals surface area contributed by atoms with Gasteiger partial charge in [0.15, 0.2) is 0 Å². The number of aromatic carboxylic acids is 1. The highest BCUT2D eigenvalue weighted by Gasteiger charge is 2.19. The largest absolute Gasteiger partial charge is 0.478 e. The molecule has 0 atom stereocenters. The molecule has 0 spiro atoms. The number of pyridine rings is 1. The van der Waals surface area contributed by atoms with Crippen molar-refractivity contribution in [2.45, 2.75) is 40.3 Å². The lowest BCUT2D eigenvalue weighted by molar-refractivity contribution is 0.0697. The van der Waals surface area contributed by atoms with Gasteiger partial charge in [0.1, 0.15) is 35.7 Å². The first-order valence-corrected chi connectivity index (χ1v) is 14.6. The van der Waals surface area contributed by atoms with Gasteiger partial charge < -0.3 is 14.4 Å². The second-order valence-electron chi connectivity index (χ2n) is 10.1. The van der Waals surface area contributed by atoms with Gasteiger partial charge in [0.2, 0.25) is 5.88 Å². The molecule has 0 saturated carbocycles. The third-order valence-electron chi connectivity index (χ3n) is 7.06. The molecule has 8 nitrogen and oxygen atoms in total. The molecular formula is C35H30F3N5O3. The molecule has 6 rings (SSSR count). The van der Waals surface area contributed by atoms with E-state index in [0.717, 1.165) is 17.7 Å². The summed E-state index contributed by atoms with van der Waals surface area (Å²) in [5.74, 6) is -1.96. The van der Waals surface area contributed by atoms with E-state index in [4.69, 9.17) is 4.74 Å². The lowest BCUT2D eigenvalue weighted by Gasteiger charge is -2.12. The van der Waals surface area contributed by atoms with Gasteiger partial charge in [-0.25, -0.2) is 37.9 Å². The Morgan fingerprint density at radius 2 is 1.61 bits per heavy atom. The zero-order chi connectivity index (χ0) is 32.8. The normalized spacial score (nSPS) is 10.8. The van der Waals surface area contributed by atoms with Crippen molar-refractivity contribution in [3.63, 3.8) is 0 Å². The van der Waals surface area contributed by atoms with Crippen molar-refractivity contribution in [1.82, 2.24) is 24.5 Å². The van der Waals surface area contributed by atoms with Gasteiger partial charge in [-0.3, -0.25) is 0 Å². The molecule has 234 valence electrons. The Kier molecular flexibility index (Phi) is 9.70. The van der Waals surface area contributed by atoms with Gasteiger partial charge in [-0.15, -0.1) is 0 Å². The van der Waals surface area contributed by atoms with Crippen molar-refractivity contribution < 1.29 is 27.8 Å². The van der Waals surface area contributed by atoms with Gasteiger partial charge in [-0.2, -0.15) is 0 Å². The van der Waals surface area contributed by atoms with Crippen LogP contribution < -0.4 is 4.74 Å². The molecule has 0 fully saturated rings. The topological polar surface area (TPSA) is 103 Å². The van der Waals surface area contributed by atoms with E-state index >= 15 is 8.78 Å². The first kappa shape index (κ1) is 31.8. The van der Waals surface area contributed by atoms with Crippen LogP contribution in [0.1, 0.15) is 52.5 Å². The van der Waals surface area contributed by atoms with Gasteiger partial charge in [0.25, 0.3) is 0 Å². The molecule has 0 aliphatic rings. The summed E-state index contributed by atoms with van der Waals surface area (Å²) in [6.45, 7) is 5.84. The van der Waals surface area contributed by atoms with Crippen molar-refractivity contribution in [1.29, 1.82) is 0 Å². The Bertz CT molecular complexity index is 2020. The summed E-state index contributed by atoms with van der Waals surface area (Å²) in [7, 11) is 0. The first-order chi connectivity index (χ1) is 22.2. The van der Waals surface area contributed by atoms with Crippen molar-refractivity contribution in [2.24, 2.45) is 0 Å². The van der Waals surface area contributed by atoms with Gasteiger partial charge >= 0.3 is 5.97 Å². The van der Waals surface area contributed by atoms with Crippen LogP contribution in [-0.2, 0) is 19.6 Å². The minimum atomic E-state index is -1.11. The molecule has 0 aliphatic heterocycles. The number of hydrogen-bond donors (Lipinski definition) is 1. The van der Waals surface area contributed by atoms with E-state index in [-0.39, 0.29) is 47.8 Å². The number of hydrogen-bond acceptors (Lipinski definition) is 6. The number of carbonyl (C=O) groups is 1. The van der Waals surface area contributed by atoms with Crippen LogP contribution in [0.25, 0.3) is 22.3 Å².